The number of carbonyl (C=O) groups excluding carboxylic acids is 2. The number of halogens is 1. The minimum Gasteiger partial charge on any atom is -0.481 e. The van der Waals surface area contributed by atoms with Gasteiger partial charge in [0, 0.05) is 5.69 Å². The summed E-state index contributed by atoms with van der Waals surface area (Å²) >= 11 is 0. The molecular formula is C20H22FNO4. The molecule has 0 aromatic heterocycles. The number of nitrogens with one attached hydrogen (secondary N) is 1. The Balaban J connectivity index is 1.88. The van der Waals surface area contributed by atoms with Gasteiger partial charge in [0.25, 0.3) is 5.91 Å². The predicted octanol–water partition coefficient (Wildman–Crippen LogP) is 4.19. The number of amides is 1. The number of unbranched alkanes of at least 4 members (excludes halogenated alkanes) is 1. The monoisotopic (exact) mass is 359 g/mol. The van der Waals surface area contributed by atoms with Gasteiger partial charge in [-0.1, -0.05) is 13.3 Å². The SMILES string of the molecule is CCCCOC(=O)c1ccc(NC(=O)C(C)Oc2ccc(F)cc2)cc1. The van der Waals surface area contributed by atoms with Crippen molar-refractivity contribution >= 4 is 17.6 Å². The molecule has 0 aliphatic carbocycles. The summed E-state index contributed by atoms with van der Waals surface area (Å²) < 4.78 is 23.5. The Bertz CT molecular complexity index is 728. The van der Waals surface area contributed by atoms with Crippen molar-refractivity contribution in [1.82, 2.24) is 0 Å². The number of benzene rings is 2. The molecule has 1 unspecified atom stereocenters. The lowest BCUT2D eigenvalue weighted by Crippen LogP contribution is -2.30. The number of anilines is 1. The highest BCUT2D eigenvalue weighted by Gasteiger charge is 2.15. The second kappa shape index (κ2) is 9.56. The van der Waals surface area contributed by atoms with Gasteiger partial charge in [-0.2, -0.15) is 0 Å². The van der Waals surface area contributed by atoms with Crippen molar-refractivity contribution in [2.45, 2.75) is 32.8 Å². The Hall–Kier alpha value is -2.89. The number of hydrogen-bond donors (Lipinski definition) is 1. The van der Waals surface area contributed by atoms with Crippen molar-refractivity contribution < 1.29 is 23.5 Å². The van der Waals surface area contributed by atoms with Crippen LogP contribution in [0.25, 0.3) is 0 Å². The third-order valence-corrected chi connectivity index (χ3v) is 3.61. The molecule has 1 N–H and O–H groups in total. The number of rotatable bonds is 8. The zero-order valence-electron chi connectivity index (χ0n) is 14.8. The van der Waals surface area contributed by atoms with Gasteiger partial charge in [0.05, 0.1) is 12.2 Å². The van der Waals surface area contributed by atoms with E-state index < -0.39 is 6.10 Å². The highest BCUT2D eigenvalue weighted by molar-refractivity contribution is 5.95. The van der Waals surface area contributed by atoms with E-state index in [0.29, 0.717) is 23.6 Å². The van der Waals surface area contributed by atoms with Crippen LogP contribution in [0.1, 0.15) is 37.0 Å². The van der Waals surface area contributed by atoms with Gasteiger partial charge in [0.15, 0.2) is 6.10 Å². The lowest BCUT2D eigenvalue weighted by atomic mass is 10.2. The van der Waals surface area contributed by atoms with E-state index in [1.54, 1.807) is 31.2 Å². The van der Waals surface area contributed by atoms with Crippen LogP contribution >= 0.6 is 0 Å². The molecule has 6 heteroatoms. The molecule has 1 amide bonds. The maximum absolute atomic E-state index is 12.9. The van der Waals surface area contributed by atoms with Gasteiger partial charge in [-0.05, 0) is 61.9 Å². The summed E-state index contributed by atoms with van der Waals surface area (Å²) in [6, 6.07) is 11.9. The molecule has 0 heterocycles. The molecule has 2 aromatic rings. The van der Waals surface area contributed by atoms with Crippen LogP contribution in [-0.2, 0) is 9.53 Å². The average molecular weight is 359 g/mol. The molecule has 0 spiro atoms. The fourth-order valence-corrected chi connectivity index (χ4v) is 2.10. The summed E-state index contributed by atoms with van der Waals surface area (Å²) in [7, 11) is 0. The molecule has 5 nitrogen and oxygen atoms in total. The van der Waals surface area contributed by atoms with Gasteiger partial charge in [0.1, 0.15) is 11.6 Å². The lowest BCUT2D eigenvalue weighted by molar-refractivity contribution is -0.122. The van der Waals surface area contributed by atoms with E-state index in [9.17, 15) is 14.0 Å². The largest absolute Gasteiger partial charge is 0.481 e. The van der Waals surface area contributed by atoms with Crippen LogP contribution in [0.5, 0.6) is 5.75 Å². The minimum atomic E-state index is -0.765. The molecule has 0 saturated carbocycles. The summed E-state index contributed by atoms with van der Waals surface area (Å²) in [6.45, 7) is 4.01. The fraction of sp³-hybridized carbons (Fsp3) is 0.300. The number of ether oxygens (including phenoxy) is 2. The van der Waals surface area contributed by atoms with Crippen molar-refractivity contribution in [3.8, 4) is 5.75 Å². The smallest absolute Gasteiger partial charge is 0.338 e. The van der Waals surface area contributed by atoms with Gasteiger partial charge in [-0.15, -0.1) is 0 Å². The molecule has 0 radical (unpaired) electrons. The van der Waals surface area contributed by atoms with E-state index in [2.05, 4.69) is 5.32 Å². The highest BCUT2D eigenvalue weighted by Crippen LogP contribution is 2.15. The van der Waals surface area contributed by atoms with Crippen LogP contribution in [0.2, 0.25) is 0 Å². The second-order valence-corrected chi connectivity index (χ2v) is 5.77. The molecule has 0 aliphatic heterocycles. The van der Waals surface area contributed by atoms with Crippen molar-refractivity contribution in [1.29, 1.82) is 0 Å². The predicted molar refractivity (Wildman–Crippen MR) is 96.8 cm³/mol. The Morgan fingerprint density at radius 2 is 1.73 bits per heavy atom. The zero-order chi connectivity index (χ0) is 18.9. The first-order valence-electron chi connectivity index (χ1n) is 8.50. The Morgan fingerprint density at radius 3 is 2.35 bits per heavy atom. The minimum absolute atomic E-state index is 0.354. The first-order valence-corrected chi connectivity index (χ1v) is 8.50. The molecule has 2 rings (SSSR count). The normalized spacial score (nSPS) is 11.5. The molecule has 1 atom stereocenters. The maximum Gasteiger partial charge on any atom is 0.338 e. The summed E-state index contributed by atoms with van der Waals surface area (Å²) in [5.74, 6) is -0.709. The summed E-state index contributed by atoms with van der Waals surface area (Å²) in [5.41, 5.74) is 0.962. The highest BCUT2D eigenvalue weighted by atomic mass is 19.1. The second-order valence-electron chi connectivity index (χ2n) is 5.77. The van der Waals surface area contributed by atoms with E-state index in [1.807, 2.05) is 6.92 Å². The third kappa shape index (κ3) is 5.88. The summed E-state index contributed by atoms with van der Waals surface area (Å²) in [6.07, 6.45) is 1.02. The lowest BCUT2D eigenvalue weighted by Gasteiger charge is -2.15. The quantitative estimate of drug-likeness (QED) is 0.567. The zero-order valence-corrected chi connectivity index (χ0v) is 14.8. The summed E-state index contributed by atoms with van der Waals surface area (Å²) in [4.78, 5) is 24.0. The van der Waals surface area contributed by atoms with Crippen LogP contribution in [0, 0.1) is 5.82 Å². The molecule has 2 aromatic carbocycles. The molecule has 138 valence electrons. The van der Waals surface area contributed by atoms with Gasteiger partial charge in [-0.25, -0.2) is 9.18 Å². The number of carbonyl (C=O) groups is 2. The van der Waals surface area contributed by atoms with Crippen LogP contribution in [0.15, 0.2) is 48.5 Å². The van der Waals surface area contributed by atoms with E-state index in [0.717, 1.165) is 12.8 Å². The molecule has 0 bridgehead atoms. The standard InChI is InChI=1S/C20H22FNO4/c1-3-4-13-25-20(24)15-5-9-17(10-6-15)22-19(23)14(2)26-18-11-7-16(21)8-12-18/h5-12,14H,3-4,13H2,1-2H3,(H,22,23). The van der Waals surface area contributed by atoms with Gasteiger partial charge in [0.2, 0.25) is 0 Å². The average Bonchev–Trinajstić information content (AvgIpc) is 2.64. The van der Waals surface area contributed by atoms with Crippen molar-refractivity contribution in [3.05, 3.63) is 59.9 Å². The molecule has 0 aliphatic rings. The number of esters is 1. The van der Waals surface area contributed by atoms with Crippen LogP contribution in [-0.4, -0.2) is 24.6 Å². The number of hydrogen-bond acceptors (Lipinski definition) is 4. The Morgan fingerprint density at radius 1 is 1.08 bits per heavy atom. The fourth-order valence-electron chi connectivity index (χ4n) is 2.10. The first-order chi connectivity index (χ1) is 12.5. The molecule has 0 fully saturated rings. The van der Waals surface area contributed by atoms with E-state index in [-0.39, 0.29) is 17.7 Å². The van der Waals surface area contributed by atoms with E-state index in [1.165, 1.54) is 24.3 Å². The Labute approximate surface area is 152 Å². The Kier molecular flexibility index (Phi) is 7.14. The van der Waals surface area contributed by atoms with Gasteiger partial charge in [-0.3, -0.25) is 4.79 Å². The van der Waals surface area contributed by atoms with Crippen molar-refractivity contribution in [2.75, 3.05) is 11.9 Å². The van der Waals surface area contributed by atoms with Crippen molar-refractivity contribution in [2.24, 2.45) is 0 Å². The molecule has 26 heavy (non-hydrogen) atoms. The topological polar surface area (TPSA) is 64.6 Å². The van der Waals surface area contributed by atoms with Crippen LogP contribution in [0.3, 0.4) is 0 Å². The first kappa shape index (κ1) is 19.4. The summed E-state index contributed by atoms with van der Waals surface area (Å²) in [5, 5.41) is 2.70. The molecule has 0 saturated heterocycles. The molecular weight excluding hydrogens is 337 g/mol. The van der Waals surface area contributed by atoms with Crippen molar-refractivity contribution in [3.63, 3.8) is 0 Å². The van der Waals surface area contributed by atoms with Crippen LogP contribution in [0.4, 0.5) is 10.1 Å². The van der Waals surface area contributed by atoms with E-state index >= 15 is 0 Å². The van der Waals surface area contributed by atoms with E-state index in [4.69, 9.17) is 9.47 Å². The van der Waals surface area contributed by atoms with Gasteiger partial charge >= 0.3 is 5.97 Å². The van der Waals surface area contributed by atoms with Gasteiger partial charge < -0.3 is 14.8 Å². The third-order valence-electron chi connectivity index (χ3n) is 3.61. The maximum atomic E-state index is 12.9. The van der Waals surface area contributed by atoms with Crippen LogP contribution < -0.4 is 10.1 Å².